The van der Waals surface area contributed by atoms with E-state index in [1.807, 2.05) is 26.8 Å². The molecule has 0 radical (unpaired) electrons. The van der Waals surface area contributed by atoms with E-state index in [4.69, 9.17) is 9.26 Å². The van der Waals surface area contributed by atoms with E-state index < -0.39 is 0 Å². The Hall–Kier alpha value is -1.40. The topological polar surface area (TPSA) is 58.8 Å². The van der Waals surface area contributed by atoms with E-state index in [0.717, 1.165) is 44.2 Å². The van der Waals surface area contributed by atoms with Gasteiger partial charge >= 0.3 is 5.97 Å². The van der Waals surface area contributed by atoms with Crippen molar-refractivity contribution >= 4 is 5.97 Å². The van der Waals surface area contributed by atoms with Crippen molar-refractivity contribution in [2.45, 2.75) is 33.4 Å². The average molecular weight is 281 g/mol. The van der Waals surface area contributed by atoms with E-state index in [0.29, 0.717) is 6.54 Å². The molecule has 1 saturated heterocycles. The molecule has 1 aliphatic rings. The fourth-order valence-electron chi connectivity index (χ4n) is 2.30. The van der Waals surface area contributed by atoms with Crippen LogP contribution in [0.3, 0.4) is 0 Å². The van der Waals surface area contributed by atoms with Crippen molar-refractivity contribution in [2.75, 3.05) is 32.7 Å². The van der Waals surface area contributed by atoms with Crippen molar-refractivity contribution in [3.8, 4) is 0 Å². The maximum absolute atomic E-state index is 11.6. The highest BCUT2D eigenvalue weighted by molar-refractivity contribution is 5.71. The van der Waals surface area contributed by atoms with Gasteiger partial charge < -0.3 is 9.26 Å². The molecule has 0 aliphatic carbocycles. The highest BCUT2D eigenvalue weighted by Crippen LogP contribution is 2.09. The van der Waals surface area contributed by atoms with Crippen LogP contribution in [0, 0.1) is 6.92 Å². The predicted octanol–water partition coefficient (Wildman–Crippen LogP) is 1.05. The third kappa shape index (κ3) is 4.61. The van der Waals surface area contributed by atoms with Crippen molar-refractivity contribution in [3.05, 3.63) is 17.5 Å². The standard InChI is InChI=1S/C14H23N3O3/c1-11(2)19-14(18)10-17-6-4-16(5-7-17)9-13-8-12(3)15-20-13/h8,11H,4-7,9-10H2,1-3H3. The zero-order valence-electron chi connectivity index (χ0n) is 12.5. The summed E-state index contributed by atoms with van der Waals surface area (Å²) in [4.78, 5) is 16.0. The molecule has 0 N–H and O–H groups in total. The molecular formula is C14H23N3O3. The molecule has 6 nitrogen and oxygen atoms in total. The Morgan fingerprint density at radius 1 is 1.35 bits per heavy atom. The summed E-state index contributed by atoms with van der Waals surface area (Å²) >= 11 is 0. The minimum Gasteiger partial charge on any atom is -0.462 e. The van der Waals surface area contributed by atoms with Gasteiger partial charge in [0.15, 0.2) is 5.76 Å². The Bertz CT molecular complexity index is 437. The number of carbonyl (C=O) groups is 1. The zero-order chi connectivity index (χ0) is 14.5. The second-order valence-electron chi connectivity index (χ2n) is 5.53. The molecule has 1 aromatic rings. The van der Waals surface area contributed by atoms with Gasteiger partial charge in [-0.25, -0.2) is 0 Å². The number of nitrogens with zero attached hydrogens (tertiary/aromatic N) is 3. The number of carbonyl (C=O) groups excluding carboxylic acids is 1. The number of hydrogen-bond acceptors (Lipinski definition) is 6. The largest absolute Gasteiger partial charge is 0.462 e. The van der Waals surface area contributed by atoms with E-state index in [9.17, 15) is 4.79 Å². The van der Waals surface area contributed by atoms with E-state index in [2.05, 4.69) is 15.0 Å². The third-order valence-corrected chi connectivity index (χ3v) is 3.24. The predicted molar refractivity (Wildman–Crippen MR) is 74.2 cm³/mol. The Kier molecular flexibility index (Phi) is 5.14. The summed E-state index contributed by atoms with van der Waals surface area (Å²) in [7, 11) is 0. The molecule has 1 fully saturated rings. The smallest absolute Gasteiger partial charge is 0.320 e. The van der Waals surface area contributed by atoms with Gasteiger partial charge in [-0.05, 0) is 20.8 Å². The summed E-state index contributed by atoms with van der Waals surface area (Å²) < 4.78 is 10.4. The van der Waals surface area contributed by atoms with Crippen molar-refractivity contribution < 1.29 is 14.1 Å². The van der Waals surface area contributed by atoms with Gasteiger partial charge in [0, 0.05) is 32.2 Å². The SMILES string of the molecule is Cc1cc(CN2CCN(CC(=O)OC(C)C)CC2)on1. The van der Waals surface area contributed by atoms with Crippen LogP contribution < -0.4 is 0 Å². The molecule has 0 unspecified atom stereocenters. The molecule has 112 valence electrons. The Labute approximate surface area is 119 Å². The van der Waals surface area contributed by atoms with Gasteiger partial charge in [0.1, 0.15) is 0 Å². The van der Waals surface area contributed by atoms with Crippen LogP contribution in [0.2, 0.25) is 0 Å². The molecule has 0 bridgehead atoms. The van der Waals surface area contributed by atoms with Gasteiger partial charge in [0.2, 0.25) is 0 Å². The lowest BCUT2D eigenvalue weighted by Gasteiger charge is -2.33. The van der Waals surface area contributed by atoms with Gasteiger partial charge in [-0.1, -0.05) is 5.16 Å². The number of hydrogen-bond donors (Lipinski definition) is 0. The quantitative estimate of drug-likeness (QED) is 0.752. The first-order valence-corrected chi connectivity index (χ1v) is 7.09. The van der Waals surface area contributed by atoms with Gasteiger partial charge in [0.05, 0.1) is 24.9 Å². The van der Waals surface area contributed by atoms with Gasteiger partial charge in [-0.15, -0.1) is 0 Å². The fourth-order valence-corrected chi connectivity index (χ4v) is 2.30. The lowest BCUT2D eigenvalue weighted by atomic mass is 10.3. The Morgan fingerprint density at radius 3 is 2.55 bits per heavy atom. The lowest BCUT2D eigenvalue weighted by Crippen LogP contribution is -2.47. The van der Waals surface area contributed by atoms with Crippen molar-refractivity contribution in [3.63, 3.8) is 0 Å². The first-order valence-electron chi connectivity index (χ1n) is 7.09. The molecule has 0 amide bonds. The normalized spacial score (nSPS) is 17.6. The van der Waals surface area contributed by atoms with E-state index in [1.54, 1.807) is 0 Å². The fraction of sp³-hybridized carbons (Fsp3) is 0.714. The van der Waals surface area contributed by atoms with E-state index >= 15 is 0 Å². The summed E-state index contributed by atoms with van der Waals surface area (Å²) in [5, 5.41) is 3.89. The van der Waals surface area contributed by atoms with Crippen LogP contribution >= 0.6 is 0 Å². The summed E-state index contributed by atoms with van der Waals surface area (Å²) in [5.74, 6) is 0.759. The van der Waals surface area contributed by atoms with Crippen LogP contribution in [-0.4, -0.2) is 59.8 Å². The Balaban J connectivity index is 1.71. The monoisotopic (exact) mass is 281 g/mol. The van der Waals surface area contributed by atoms with Gasteiger partial charge in [-0.3, -0.25) is 14.6 Å². The highest BCUT2D eigenvalue weighted by Gasteiger charge is 2.20. The molecule has 6 heteroatoms. The molecule has 2 rings (SSSR count). The molecule has 1 aliphatic heterocycles. The first kappa shape index (κ1) is 15.0. The highest BCUT2D eigenvalue weighted by atomic mass is 16.5. The summed E-state index contributed by atoms with van der Waals surface area (Å²) in [5.41, 5.74) is 0.912. The van der Waals surface area contributed by atoms with Crippen LogP contribution in [0.4, 0.5) is 0 Å². The second kappa shape index (κ2) is 6.85. The molecular weight excluding hydrogens is 258 g/mol. The maximum Gasteiger partial charge on any atom is 0.320 e. The first-order chi connectivity index (χ1) is 9.52. The zero-order valence-corrected chi connectivity index (χ0v) is 12.5. The summed E-state index contributed by atoms with van der Waals surface area (Å²) in [6, 6.07) is 1.96. The van der Waals surface area contributed by atoms with E-state index in [1.165, 1.54) is 0 Å². The molecule has 2 heterocycles. The van der Waals surface area contributed by atoms with Gasteiger partial charge in [0.25, 0.3) is 0 Å². The lowest BCUT2D eigenvalue weighted by molar-refractivity contribution is -0.149. The van der Waals surface area contributed by atoms with Crippen molar-refractivity contribution in [1.82, 2.24) is 15.0 Å². The van der Waals surface area contributed by atoms with Crippen molar-refractivity contribution in [2.24, 2.45) is 0 Å². The van der Waals surface area contributed by atoms with Crippen LogP contribution in [-0.2, 0) is 16.1 Å². The average Bonchev–Trinajstić information content (AvgIpc) is 2.76. The van der Waals surface area contributed by atoms with Crippen LogP contribution in [0.25, 0.3) is 0 Å². The number of rotatable bonds is 5. The van der Waals surface area contributed by atoms with E-state index in [-0.39, 0.29) is 12.1 Å². The minimum absolute atomic E-state index is 0.0431. The number of esters is 1. The van der Waals surface area contributed by atoms with Gasteiger partial charge in [-0.2, -0.15) is 0 Å². The molecule has 0 saturated carbocycles. The van der Waals surface area contributed by atoms with Crippen LogP contribution in [0.15, 0.2) is 10.6 Å². The Morgan fingerprint density at radius 2 is 2.00 bits per heavy atom. The number of aromatic nitrogens is 1. The minimum atomic E-state index is -0.140. The summed E-state index contributed by atoms with van der Waals surface area (Å²) in [6.07, 6.45) is -0.0431. The molecule has 0 spiro atoms. The molecule has 0 atom stereocenters. The molecule has 1 aromatic heterocycles. The maximum atomic E-state index is 11.6. The van der Waals surface area contributed by atoms with Crippen LogP contribution in [0.1, 0.15) is 25.3 Å². The number of aryl methyl sites for hydroxylation is 1. The van der Waals surface area contributed by atoms with Crippen LogP contribution in [0.5, 0.6) is 0 Å². The third-order valence-electron chi connectivity index (χ3n) is 3.24. The molecule has 20 heavy (non-hydrogen) atoms. The molecule has 0 aromatic carbocycles. The summed E-state index contributed by atoms with van der Waals surface area (Å²) in [6.45, 7) is 10.4. The number of ether oxygens (including phenoxy) is 1. The van der Waals surface area contributed by atoms with Crippen molar-refractivity contribution in [1.29, 1.82) is 0 Å². The number of piperazine rings is 1. The second-order valence-corrected chi connectivity index (χ2v) is 5.53.